The molecule has 0 aromatic heterocycles. The Kier molecular flexibility index (Phi) is 6.89. The van der Waals surface area contributed by atoms with Crippen LogP contribution in [0.25, 0.3) is 0 Å². The van der Waals surface area contributed by atoms with E-state index in [-0.39, 0.29) is 9.92 Å². The highest BCUT2D eigenvalue weighted by atomic mass is 35.5. The van der Waals surface area contributed by atoms with Gasteiger partial charge >= 0.3 is 0 Å². The van der Waals surface area contributed by atoms with Crippen molar-refractivity contribution in [1.82, 2.24) is 0 Å². The summed E-state index contributed by atoms with van der Waals surface area (Å²) in [5.74, 6) is 0. The molecular formula is C14H14Cl2O2S2. The molecule has 2 rings (SSSR count). The molecule has 0 fully saturated rings. The minimum absolute atomic E-state index is 0.182. The lowest BCUT2D eigenvalue weighted by Crippen LogP contribution is -1.96. The lowest BCUT2D eigenvalue weighted by atomic mass is 10.4. The summed E-state index contributed by atoms with van der Waals surface area (Å²) in [6.45, 7) is 0. The van der Waals surface area contributed by atoms with E-state index in [4.69, 9.17) is 23.2 Å². The van der Waals surface area contributed by atoms with Gasteiger partial charge in [0.25, 0.3) is 0 Å². The normalized spacial score (nSPS) is 10.6. The number of halogens is 2. The number of hydrogen-bond acceptors (Lipinski definition) is 3. The number of benzene rings is 2. The Labute approximate surface area is 134 Å². The molecule has 6 heteroatoms. The summed E-state index contributed by atoms with van der Waals surface area (Å²) < 4.78 is 21.9. The monoisotopic (exact) mass is 348 g/mol. The quantitative estimate of drug-likeness (QED) is 0.730. The Bertz CT molecular complexity index is 670. The van der Waals surface area contributed by atoms with Crippen molar-refractivity contribution in [3.8, 4) is 0 Å². The fourth-order valence-electron chi connectivity index (χ4n) is 1.36. The van der Waals surface area contributed by atoms with E-state index in [2.05, 4.69) is 0 Å². The predicted molar refractivity (Wildman–Crippen MR) is 87.8 cm³/mol. The van der Waals surface area contributed by atoms with Crippen LogP contribution in [0.3, 0.4) is 0 Å². The van der Waals surface area contributed by atoms with Gasteiger partial charge in [0.1, 0.15) is 0 Å². The Morgan fingerprint density at radius 3 is 1.75 bits per heavy atom. The van der Waals surface area contributed by atoms with Crippen LogP contribution < -0.4 is 0 Å². The van der Waals surface area contributed by atoms with Crippen molar-refractivity contribution in [3.63, 3.8) is 0 Å². The van der Waals surface area contributed by atoms with E-state index in [1.165, 1.54) is 6.07 Å². The van der Waals surface area contributed by atoms with Crippen LogP contribution in [0.4, 0.5) is 0 Å². The van der Waals surface area contributed by atoms with Crippen LogP contribution in [0.5, 0.6) is 0 Å². The van der Waals surface area contributed by atoms with Crippen LogP contribution in [-0.4, -0.2) is 20.9 Å². The van der Waals surface area contributed by atoms with Gasteiger partial charge in [-0.05, 0) is 30.5 Å². The minimum atomic E-state index is -3.17. The highest BCUT2D eigenvalue weighted by Gasteiger charge is 2.09. The fraction of sp³-hybridized carbons (Fsp3) is 0.143. The highest BCUT2D eigenvalue weighted by molar-refractivity contribution is 7.98. The van der Waals surface area contributed by atoms with Gasteiger partial charge in [0, 0.05) is 11.2 Å². The molecule has 2 nitrogen and oxygen atoms in total. The third kappa shape index (κ3) is 5.37. The van der Waals surface area contributed by atoms with Crippen molar-refractivity contribution < 1.29 is 8.42 Å². The zero-order valence-corrected chi connectivity index (χ0v) is 14.2. The zero-order valence-electron chi connectivity index (χ0n) is 11.0. The Morgan fingerprint density at radius 2 is 1.40 bits per heavy atom. The Balaban J connectivity index is 0.000000204. The maximum absolute atomic E-state index is 11.0. The molecule has 0 unspecified atom stereocenters. The fourth-order valence-corrected chi connectivity index (χ4v) is 3.50. The van der Waals surface area contributed by atoms with E-state index >= 15 is 0 Å². The number of hydrogen-bond donors (Lipinski definition) is 0. The molecular weight excluding hydrogens is 335 g/mol. The molecule has 20 heavy (non-hydrogen) atoms. The molecule has 0 bridgehead atoms. The Morgan fingerprint density at radius 1 is 0.900 bits per heavy atom. The summed E-state index contributed by atoms with van der Waals surface area (Å²) in [6.07, 6.45) is 3.15. The molecule has 0 aliphatic carbocycles. The van der Waals surface area contributed by atoms with Gasteiger partial charge in [-0.2, -0.15) is 0 Å². The lowest BCUT2D eigenvalue weighted by Gasteiger charge is -1.98. The van der Waals surface area contributed by atoms with E-state index in [0.717, 1.165) is 16.2 Å². The molecule has 2 aromatic rings. The van der Waals surface area contributed by atoms with Crippen molar-refractivity contribution >= 4 is 44.8 Å². The summed E-state index contributed by atoms with van der Waals surface area (Å²) in [4.78, 5) is 1.32. The molecule has 0 spiro atoms. The smallest absolute Gasteiger partial charge is 0.176 e. The summed E-state index contributed by atoms with van der Waals surface area (Å²) >= 11 is 13.1. The third-order valence-corrected chi connectivity index (χ3v) is 5.13. The predicted octanol–water partition coefficient (Wildman–Crippen LogP) is 4.81. The summed E-state index contributed by atoms with van der Waals surface area (Å²) in [7, 11) is -3.17. The lowest BCUT2D eigenvalue weighted by molar-refractivity contribution is 0.602. The number of sulfone groups is 1. The van der Waals surface area contributed by atoms with E-state index < -0.39 is 9.84 Å². The van der Waals surface area contributed by atoms with Gasteiger partial charge in [0.15, 0.2) is 9.84 Å². The molecule has 0 aliphatic rings. The van der Waals surface area contributed by atoms with Crippen LogP contribution in [0.2, 0.25) is 10.0 Å². The van der Waals surface area contributed by atoms with Crippen LogP contribution in [-0.2, 0) is 9.84 Å². The third-order valence-electron chi connectivity index (χ3n) is 2.29. The molecule has 0 atom stereocenters. The number of thioether (sulfide) groups is 1. The van der Waals surface area contributed by atoms with Crippen molar-refractivity contribution in [1.29, 1.82) is 0 Å². The number of rotatable bonds is 2. The summed E-state index contributed by atoms with van der Waals surface area (Å²) in [5.41, 5.74) is 0. The van der Waals surface area contributed by atoms with Crippen LogP contribution >= 0.6 is 35.0 Å². The molecule has 0 amide bonds. The molecule has 0 radical (unpaired) electrons. The van der Waals surface area contributed by atoms with Gasteiger partial charge < -0.3 is 0 Å². The first-order valence-corrected chi connectivity index (χ1v) is 9.46. The van der Waals surface area contributed by atoms with Gasteiger partial charge in [-0.25, -0.2) is 8.42 Å². The standard InChI is InChI=1S/C7H7ClO2S.C7H7ClS/c1-11(9,10)7-5-3-2-4-6(7)8;1-9-7-5-3-2-4-6(7)8/h2-5H,1H3;2-5H,1H3. The van der Waals surface area contributed by atoms with Crippen LogP contribution in [0.15, 0.2) is 58.3 Å². The van der Waals surface area contributed by atoms with E-state index in [0.29, 0.717) is 0 Å². The minimum Gasteiger partial charge on any atom is -0.224 e. The maximum Gasteiger partial charge on any atom is 0.176 e. The average molecular weight is 349 g/mol. The van der Waals surface area contributed by atoms with Crippen LogP contribution in [0, 0.1) is 0 Å². The summed E-state index contributed by atoms with van der Waals surface area (Å²) in [5, 5.41) is 1.11. The second kappa shape index (κ2) is 7.93. The van der Waals surface area contributed by atoms with Crippen LogP contribution in [0.1, 0.15) is 0 Å². The SMILES string of the molecule is CS(=O)(=O)c1ccccc1Cl.CSc1ccccc1Cl. The van der Waals surface area contributed by atoms with Crippen molar-refractivity contribution in [2.75, 3.05) is 12.5 Å². The average Bonchev–Trinajstić information content (AvgIpc) is 2.39. The van der Waals surface area contributed by atoms with Crippen molar-refractivity contribution in [2.45, 2.75) is 9.79 Å². The Hall–Kier alpha value is -0.680. The van der Waals surface area contributed by atoms with Gasteiger partial charge in [-0.15, -0.1) is 11.8 Å². The largest absolute Gasteiger partial charge is 0.224 e. The molecule has 0 heterocycles. The topological polar surface area (TPSA) is 34.1 Å². The first kappa shape index (κ1) is 17.4. The van der Waals surface area contributed by atoms with Crippen molar-refractivity contribution in [2.24, 2.45) is 0 Å². The van der Waals surface area contributed by atoms with E-state index in [9.17, 15) is 8.42 Å². The first-order valence-electron chi connectivity index (χ1n) is 5.59. The highest BCUT2D eigenvalue weighted by Crippen LogP contribution is 2.23. The summed E-state index contributed by atoms with van der Waals surface area (Å²) in [6, 6.07) is 14.2. The van der Waals surface area contributed by atoms with Gasteiger partial charge in [0.05, 0.1) is 14.9 Å². The van der Waals surface area contributed by atoms with Gasteiger partial charge in [-0.3, -0.25) is 0 Å². The molecule has 0 saturated carbocycles. The van der Waals surface area contributed by atoms with Gasteiger partial charge in [-0.1, -0.05) is 47.5 Å². The zero-order chi connectivity index (χ0) is 15.2. The molecule has 2 aromatic carbocycles. The van der Waals surface area contributed by atoms with Crippen molar-refractivity contribution in [3.05, 3.63) is 58.6 Å². The second-order valence-corrected chi connectivity index (χ2v) is 7.48. The van der Waals surface area contributed by atoms with Gasteiger partial charge in [0.2, 0.25) is 0 Å². The second-order valence-electron chi connectivity index (χ2n) is 3.84. The molecule has 108 valence electrons. The maximum atomic E-state index is 11.0. The molecule has 0 N–H and O–H groups in total. The van der Waals surface area contributed by atoms with E-state index in [1.807, 2.05) is 30.5 Å². The van der Waals surface area contributed by atoms with E-state index in [1.54, 1.807) is 30.0 Å². The first-order chi connectivity index (χ1) is 9.36. The molecule has 0 saturated heterocycles. The molecule has 0 aliphatic heterocycles.